The molecule has 0 saturated carbocycles. The van der Waals surface area contributed by atoms with E-state index < -0.39 is 10.0 Å². The number of hydrogen-bond acceptors (Lipinski definition) is 6. The molecule has 2 heterocycles. The topological polar surface area (TPSA) is 88.8 Å². The van der Waals surface area contributed by atoms with Crippen LogP contribution in [0.4, 0.5) is 0 Å². The number of methoxy groups -OCH3 is 1. The number of sulfonamides is 1. The van der Waals surface area contributed by atoms with Gasteiger partial charge in [0.2, 0.25) is 10.0 Å². The molecular weight excluding hydrogens is 440 g/mol. The minimum absolute atomic E-state index is 0.0566. The number of ether oxygens (including phenoxy) is 1. The molecule has 1 fully saturated rings. The molecule has 2 atom stereocenters. The molecule has 0 spiro atoms. The molecule has 0 radical (unpaired) electrons. The maximum Gasteiger partial charge on any atom is 0.305 e. The van der Waals surface area contributed by atoms with Gasteiger partial charge in [-0.3, -0.25) is 9.69 Å². The number of benzene rings is 1. The molecule has 168 valence electrons. The first-order valence-corrected chi connectivity index (χ1v) is 12.0. The zero-order chi connectivity index (χ0) is 22.3. The Kier molecular flexibility index (Phi) is 8.31. The monoisotopic (exact) mass is 466 g/mol. The SMILES string of the molecule is COC(=O)CCC/C=C\[C@@H]1C[C@@H](NS(=O)(=O)c2ccc(Cl)cc2)CN1Cc1ccco1. The molecule has 1 aliphatic heterocycles. The van der Waals surface area contributed by atoms with Gasteiger partial charge >= 0.3 is 5.97 Å². The van der Waals surface area contributed by atoms with E-state index in [9.17, 15) is 13.2 Å². The number of carbonyl (C=O) groups is 1. The van der Waals surface area contributed by atoms with Gasteiger partial charge in [0.15, 0.2) is 0 Å². The second-order valence-electron chi connectivity index (χ2n) is 7.48. The Morgan fingerprint density at radius 3 is 2.77 bits per heavy atom. The Hall–Kier alpha value is -2.13. The number of halogens is 1. The van der Waals surface area contributed by atoms with Crippen molar-refractivity contribution in [2.24, 2.45) is 0 Å². The Labute approximate surface area is 188 Å². The highest BCUT2D eigenvalue weighted by atomic mass is 35.5. The van der Waals surface area contributed by atoms with Gasteiger partial charge in [-0.25, -0.2) is 13.1 Å². The predicted octanol–water partition coefficient (Wildman–Crippen LogP) is 3.75. The van der Waals surface area contributed by atoms with Crippen molar-refractivity contribution >= 4 is 27.6 Å². The summed E-state index contributed by atoms with van der Waals surface area (Å²) in [5.41, 5.74) is 0. The van der Waals surface area contributed by atoms with Gasteiger partial charge in [0.1, 0.15) is 5.76 Å². The van der Waals surface area contributed by atoms with Crippen molar-refractivity contribution in [1.82, 2.24) is 9.62 Å². The summed E-state index contributed by atoms with van der Waals surface area (Å²) in [6, 6.07) is 9.69. The molecule has 1 saturated heterocycles. The van der Waals surface area contributed by atoms with E-state index in [-0.39, 0.29) is 22.9 Å². The third-order valence-electron chi connectivity index (χ3n) is 5.17. The lowest BCUT2D eigenvalue weighted by Gasteiger charge is -2.20. The molecule has 31 heavy (non-hydrogen) atoms. The smallest absolute Gasteiger partial charge is 0.305 e. The van der Waals surface area contributed by atoms with Crippen LogP contribution in [0.5, 0.6) is 0 Å². The number of unbranched alkanes of at least 4 members (excludes halogenated alkanes) is 1. The van der Waals surface area contributed by atoms with E-state index in [0.717, 1.165) is 12.2 Å². The number of nitrogens with one attached hydrogen (secondary N) is 1. The maximum absolute atomic E-state index is 12.8. The van der Waals surface area contributed by atoms with E-state index in [2.05, 4.69) is 20.4 Å². The van der Waals surface area contributed by atoms with Crippen LogP contribution in [0.25, 0.3) is 0 Å². The quantitative estimate of drug-likeness (QED) is 0.326. The summed E-state index contributed by atoms with van der Waals surface area (Å²) in [6.45, 7) is 1.15. The number of esters is 1. The largest absolute Gasteiger partial charge is 0.469 e. The summed E-state index contributed by atoms with van der Waals surface area (Å²) in [5, 5.41) is 0.488. The van der Waals surface area contributed by atoms with E-state index in [1.807, 2.05) is 18.2 Å². The van der Waals surface area contributed by atoms with Gasteiger partial charge in [0.25, 0.3) is 0 Å². The maximum atomic E-state index is 12.8. The van der Waals surface area contributed by atoms with Gasteiger partial charge in [-0.15, -0.1) is 0 Å². The van der Waals surface area contributed by atoms with E-state index in [1.165, 1.54) is 19.2 Å². The van der Waals surface area contributed by atoms with Gasteiger partial charge in [0.05, 0.1) is 24.8 Å². The predicted molar refractivity (Wildman–Crippen MR) is 118 cm³/mol. The molecule has 3 rings (SSSR count). The molecular formula is C22H27ClN2O5S. The van der Waals surface area contributed by atoms with Crippen LogP contribution in [0, 0.1) is 0 Å². The number of nitrogens with zero attached hydrogens (tertiary/aromatic N) is 1. The molecule has 1 aromatic heterocycles. The number of furan rings is 1. The molecule has 9 heteroatoms. The first-order chi connectivity index (χ1) is 14.9. The van der Waals surface area contributed by atoms with Gasteiger partial charge in [-0.1, -0.05) is 23.8 Å². The van der Waals surface area contributed by atoms with Crippen LogP contribution >= 0.6 is 11.6 Å². The lowest BCUT2D eigenvalue weighted by atomic mass is 10.1. The van der Waals surface area contributed by atoms with Crippen molar-refractivity contribution in [3.8, 4) is 0 Å². The van der Waals surface area contributed by atoms with Crippen molar-refractivity contribution in [2.45, 2.75) is 49.2 Å². The standard InChI is InChI=1S/C22H27ClN2O5S/c1-29-22(26)8-4-2-3-6-19-14-18(15-25(19)16-20-7-5-13-30-20)24-31(27,28)21-11-9-17(23)10-12-21/h3,5-7,9-13,18-19,24H,2,4,8,14-16H2,1H3/b6-3-/t18-,19-/m1/s1. The summed E-state index contributed by atoms with van der Waals surface area (Å²) in [7, 11) is -2.26. The van der Waals surface area contributed by atoms with Crippen molar-refractivity contribution < 1.29 is 22.4 Å². The lowest BCUT2D eigenvalue weighted by Crippen LogP contribution is -2.37. The molecule has 0 aliphatic carbocycles. The zero-order valence-electron chi connectivity index (χ0n) is 17.4. The van der Waals surface area contributed by atoms with Crippen LogP contribution in [-0.2, 0) is 26.1 Å². The number of likely N-dealkylation sites (tertiary alicyclic amines) is 1. The van der Waals surface area contributed by atoms with Crippen LogP contribution in [0.3, 0.4) is 0 Å². The molecule has 1 aliphatic rings. The first kappa shape index (κ1) is 23.5. The molecule has 1 N–H and O–H groups in total. The summed E-state index contributed by atoms with van der Waals surface area (Å²) < 4.78 is 38.5. The second-order valence-corrected chi connectivity index (χ2v) is 9.63. The molecule has 2 aromatic rings. The highest BCUT2D eigenvalue weighted by molar-refractivity contribution is 7.89. The fourth-order valence-corrected chi connectivity index (χ4v) is 4.99. The van der Waals surface area contributed by atoms with Crippen LogP contribution in [0.15, 0.2) is 64.1 Å². The van der Waals surface area contributed by atoms with E-state index in [4.69, 9.17) is 16.0 Å². The fourth-order valence-electron chi connectivity index (χ4n) is 3.62. The third kappa shape index (κ3) is 6.93. The number of hydrogen-bond donors (Lipinski definition) is 1. The van der Waals surface area contributed by atoms with Gasteiger partial charge in [0, 0.05) is 30.1 Å². The number of rotatable bonds is 10. The van der Waals surface area contributed by atoms with Gasteiger partial charge < -0.3 is 9.15 Å². The highest BCUT2D eigenvalue weighted by Gasteiger charge is 2.33. The lowest BCUT2D eigenvalue weighted by molar-refractivity contribution is -0.140. The van der Waals surface area contributed by atoms with Gasteiger partial charge in [-0.2, -0.15) is 0 Å². The van der Waals surface area contributed by atoms with Crippen LogP contribution in [-0.4, -0.2) is 45.0 Å². The molecule has 0 bridgehead atoms. The summed E-state index contributed by atoms with van der Waals surface area (Å²) in [4.78, 5) is 13.6. The Bertz CT molecular complexity index is 974. The summed E-state index contributed by atoms with van der Waals surface area (Å²) >= 11 is 5.87. The fraction of sp³-hybridized carbons (Fsp3) is 0.409. The normalized spacial score (nSPS) is 19.8. The van der Waals surface area contributed by atoms with Crippen molar-refractivity contribution in [1.29, 1.82) is 0 Å². The van der Waals surface area contributed by atoms with Crippen molar-refractivity contribution in [3.05, 3.63) is 65.6 Å². The molecule has 0 amide bonds. The van der Waals surface area contributed by atoms with Crippen LogP contribution < -0.4 is 4.72 Å². The Morgan fingerprint density at radius 1 is 1.32 bits per heavy atom. The van der Waals surface area contributed by atoms with Crippen molar-refractivity contribution in [3.63, 3.8) is 0 Å². The van der Waals surface area contributed by atoms with E-state index in [0.29, 0.717) is 37.4 Å². The molecule has 0 unspecified atom stereocenters. The zero-order valence-corrected chi connectivity index (χ0v) is 18.9. The highest BCUT2D eigenvalue weighted by Crippen LogP contribution is 2.24. The average molecular weight is 467 g/mol. The molecule has 1 aromatic carbocycles. The van der Waals surface area contributed by atoms with Crippen LogP contribution in [0.2, 0.25) is 5.02 Å². The average Bonchev–Trinajstić information content (AvgIpc) is 3.38. The number of allylic oxidation sites excluding steroid dienone is 1. The van der Waals surface area contributed by atoms with Crippen molar-refractivity contribution in [2.75, 3.05) is 13.7 Å². The summed E-state index contributed by atoms with van der Waals surface area (Å²) in [6.07, 6.45) is 8.23. The van der Waals surface area contributed by atoms with Crippen LogP contribution in [0.1, 0.15) is 31.4 Å². The summed E-state index contributed by atoms with van der Waals surface area (Å²) in [5.74, 6) is 0.607. The second kappa shape index (κ2) is 10.9. The molecule has 7 nitrogen and oxygen atoms in total. The minimum Gasteiger partial charge on any atom is -0.469 e. The first-order valence-electron chi connectivity index (χ1n) is 10.1. The van der Waals surface area contributed by atoms with E-state index in [1.54, 1.807) is 18.4 Å². The van der Waals surface area contributed by atoms with Gasteiger partial charge in [-0.05, 0) is 55.7 Å². The van der Waals surface area contributed by atoms with E-state index >= 15 is 0 Å². The number of carbonyl (C=O) groups excluding carboxylic acids is 1. The Balaban J connectivity index is 1.64. The third-order valence-corrected chi connectivity index (χ3v) is 6.96. The minimum atomic E-state index is -3.65. The Morgan fingerprint density at radius 2 is 2.10 bits per heavy atom.